The van der Waals surface area contributed by atoms with E-state index in [1.54, 1.807) is 6.08 Å². The van der Waals surface area contributed by atoms with Crippen LogP contribution in [0.4, 0.5) is 0 Å². The number of phosphoric acid groups is 1. The maximum absolute atomic E-state index is 12.9. The number of aliphatic hydroxyl groups excluding tert-OH is 7. The van der Waals surface area contributed by atoms with Gasteiger partial charge in [0.15, 0.2) is 0 Å². The summed E-state index contributed by atoms with van der Waals surface area (Å²) in [5.74, 6) is -0.601. The van der Waals surface area contributed by atoms with Crippen LogP contribution in [0.5, 0.6) is 0 Å². The lowest BCUT2D eigenvalue weighted by Crippen LogP contribution is -2.64. The van der Waals surface area contributed by atoms with Crippen molar-refractivity contribution in [3.8, 4) is 0 Å². The number of allylic oxidation sites excluding steroid dienone is 5. The number of rotatable bonds is 45. The third kappa shape index (κ3) is 33.7. The predicted molar refractivity (Wildman–Crippen MR) is 270 cm³/mol. The zero-order valence-electron chi connectivity index (χ0n) is 42.1. The molecule has 0 aliphatic heterocycles. The van der Waals surface area contributed by atoms with Crippen LogP contribution in [0.3, 0.4) is 0 Å². The van der Waals surface area contributed by atoms with Crippen LogP contribution < -0.4 is 5.32 Å². The lowest BCUT2D eigenvalue weighted by molar-refractivity contribution is -0.220. The van der Waals surface area contributed by atoms with Crippen molar-refractivity contribution in [2.45, 2.75) is 287 Å². The molecule has 0 radical (unpaired) electrons. The van der Waals surface area contributed by atoms with Crippen LogP contribution in [0.15, 0.2) is 36.5 Å². The third-order valence-electron chi connectivity index (χ3n) is 13.0. The highest BCUT2D eigenvalue weighted by Crippen LogP contribution is 2.47. The standard InChI is InChI=1S/C53H100NO12P/c1-3-5-7-9-10-11-12-13-14-15-16-17-18-19-20-21-22-23-24-25-26-27-28-29-30-31-32-33-34-35-36-37-38-40-44(55)42-47(57)54-45(46(56)41-39-8-6-4-2)43-65-67(63,64)66-53-51(61)49(59)48(58)50(60)52(53)62/h18-19,21-22,39,41,44-46,48-53,55-56,58-62H,3-17,20,23-38,40,42-43H2,1-2H3,(H,54,57)(H,63,64)/b19-18-,22-21-,41-39+. The molecule has 0 aromatic heterocycles. The smallest absolute Gasteiger partial charge is 0.393 e. The largest absolute Gasteiger partial charge is 0.472 e. The Kier molecular flexibility index (Phi) is 40.0. The fourth-order valence-electron chi connectivity index (χ4n) is 8.55. The Morgan fingerprint density at radius 1 is 0.537 bits per heavy atom. The maximum Gasteiger partial charge on any atom is 0.472 e. The summed E-state index contributed by atoms with van der Waals surface area (Å²) >= 11 is 0. The Morgan fingerprint density at radius 3 is 1.37 bits per heavy atom. The van der Waals surface area contributed by atoms with Gasteiger partial charge in [-0.15, -0.1) is 0 Å². The van der Waals surface area contributed by atoms with Gasteiger partial charge in [-0.1, -0.05) is 217 Å². The van der Waals surface area contributed by atoms with Crippen molar-refractivity contribution in [3.05, 3.63) is 36.5 Å². The highest BCUT2D eigenvalue weighted by atomic mass is 31.2. The predicted octanol–water partition coefficient (Wildman–Crippen LogP) is 10.5. The molecule has 0 heterocycles. The van der Waals surface area contributed by atoms with Gasteiger partial charge in [0.25, 0.3) is 0 Å². The van der Waals surface area contributed by atoms with Crippen molar-refractivity contribution in [2.24, 2.45) is 0 Å². The Bertz CT molecular complexity index is 1290. The van der Waals surface area contributed by atoms with E-state index < -0.39 is 75.2 Å². The van der Waals surface area contributed by atoms with Crippen molar-refractivity contribution >= 4 is 13.7 Å². The SMILES string of the molecule is CCCC/C=C/C(O)C(COP(=O)(O)OC1C(O)C(O)C(O)C(O)C1O)NC(=O)CC(O)CCCCCCCCCCCCCCCCC/C=C\C/C=C\CCCCCCCCCCCCC. The molecule has 1 saturated carbocycles. The number of unbranched alkanes of at least 4 members (excludes halogenated alkanes) is 28. The highest BCUT2D eigenvalue weighted by Gasteiger charge is 2.51. The van der Waals surface area contributed by atoms with Gasteiger partial charge in [-0.3, -0.25) is 13.8 Å². The molecule has 0 aromatic carbocycles. The number of amides is 1. The number of phosphoric ester groups is 1. The third-order valence-corrected chi connectivity index (χ3v) is 14.0. The van der Waals surface area contributed by atoms with E-state index in [1.807, 2.05) is 6.92 Å². The zero-order chi connectivity index (χ0) is 49.4. The molecular formula is C53H100NO12P. The van der Waals surface area contributed by atoms with Gasteiger partial charge in [-0.05, 0) is 44.9 Å². The van der Waals surface area contributed by atoms with E-state index in [9.17, 15) is 50.0 Å². The molecule has 1 amide bonds. The van der Waals surface area contributed by atoms with E-state index in [2.05, 4.69) is 36.5 Å². The minimum atomic E-state index is -5.12. The van der Waals surface area contributed by atoms with Gasteiger partial charge in [-0.2, -0.15) is 0 Å². The lowest BCUT2D eigenvalue weighted by atomic mass is 9.85. The van der Waals surface area contributed by atoms with Crippen LogP contribution in [0, 0.1) is 0 Å². The Labute approximate surface area is 406 Å². The summed E-state index contributed by atoms with van der Waals surface area (Å²) in [7, 11) is -5.12. The Balaban J connectivity index is 2.09. The molecule has 1 aliphatic rings. The summed E-state index contributed by atoms with van der Waals surface area (Å²) < 4.78 is 22.6. The second-order valence-electron chi connectivity index (χ2n) is 19.3. The molecule has 394 valence electrons. The maximum atomic E-state index is 12.9. The van der Waals surface area contributed by atoms with E-state index in [4.69, 9.17) is 9.05 Å². The average molecular weight is 974 g/mol. The normalized spacial score (nSPS) is 22.5. The first kappa shape index (κ1) is 63.5. The first-order valence-electron chi connectivity index (χ1n) is 27.0. The zero-order valence-corrected chi connectivity index (χ0v) is 43.0. The summed E-state index contributed by atoms with van der Waals surface area (Å²) in [6.45, 7) is 3.55. The van der Waals surface area contributed by atoms with Gasteiger partial charge in [-0.25, -0.2) is 4.57 Å². The van der Waals surface area contributed by atoms with Gasteiger partial charge >= 0.3 is 7.82 Å². The quantitative estimate of drug-likeness (QED) is 0.0158. The van der Waals surface area contributed by atoms with Gasteiger partial charge < -0.3 is 46.0 Å². The molecule has 0 spiro atoms. The van der Waals surface area contributed by atoms with E-state index in [0.717, 1.165) is 44.9 Å². The van der Waals surface area contributed by atoms with Crippen molar-refractivity contribution in [1.82, 2.24) is 5.32 Å². The first-order chi connectivity index (χ1) is 32.3. The summed E-state index contributed by atoms with van der Waals surface area (Å²) in [5, 5.41) is 73.9. The molecule has 0 aromatic rings. The van der Waals surface area contributed by atoms with Crippen molar-refractivity contribution in [1.29, 1.82) is 0 Å². The highest BCUT2D eigenvalue weighted by molar-refractivity contribution is 7.47. The van der Waals surface area contributed by atoms with Crippen LogP contribution >= 0.6 is 7.82 Å². The monoisotopic (exact) mass is 974 g/mol. The van der Waals surface area contributed by atoms with Crippen molar-refractivity contribution in [3.63, 3.8) is 0 Å². The fraction of sp³-hybridized carbons (Fsp3) is 0.868. The summed E-state index contributed by atoms with van der Waals surface area (Å²) in [6, 6.07) is -1.24. The average Bonchev–Trinajstić information content (AvgIpc) is 3.30. The minimum Gasteiger partial charge on any atom is -0.393 e. The first-order valence-corrected chi connectivity index (χ1v) is 28.5. The molecule has 67 heavy (non-hydrogen) atoms. The van der Waals surface area contributed by atoms with Crippen molar-refractivity contribution in [2.75, 3.05) is 6.61 Å². The van der Waals surface area contributed by atoms with Gasteiger partial charge in [0, 0.05) is 0 Å². The topological polar surface area (TPSA) is 226 Å². The van der Waals surface area contributed by atoms with Crippen molar-refractivity contribution < 1.29 is 59.0 Å². The molecule has 1 rings (SSSR count). The summed E-state index contributed by atoms with van der Waals surface area (Å²) in [6.07, 6.45) is 38.1. The van der Waals surface area contributed by atoms with E-state index in [-0.39, 0.29) is 6.42 Å². The molecule has 8 unspecified atom stereocenters. The van der Waals surface area contributed by atoms with Gasteiger partial charge in [0.05, 0.1) is 31.3 Å². The van der Waals surface area contributed by atoms with Gasteiger partial charge in [0.1, 0.15) is 36.6 Å². The number of aliphatic hydroxyl groups is 7. The van der Waals surface area contributed by atoms with E-state index in [0.29, 0.717) is 12.8 Å². The molecule has 14 heteroatoms. The molecule has 9 N–H and O–H groups in total. The number of carbonyl (C=O) groups excluding carboxylic acids is 1. The number of carbonyl (C=O) groups is 1. The molecule has 1 fully saturated rings. The van der Waals surface area contributed by atoms with E-state index in [1.165, 1.54) is 160 Å². The molecule has 13 nitrogen and oxygen atoms in total. The van der Waals surface area contributed by atoms with Crippen LogP contribution in [0.1, 0.15) is 232 Å². The molecule has 8 atom stereocenters. The van der Waals surface area contributed by atoms with Crippen LogP contribution in [0.25, 0.3) is 0 Å². The minimum absolute atomic E-state index is 0.246. The van der Waals surface area contributed by atoms with Crippen LogP contribution in [0.2, 0.25) is 0 Å². The van der Waals surface area contributed by atoms with Crippen LogP contribution in [-0.2, 0) is 18.4 Å². The second kappa shape index (κ2) is 42.2. The summed E-state index contributed by atoms with van der Waals surface area (Å²) in [5.41, 5.74) is 0. The van der Waals surface area contributed by atoms with Gasteiger partial charge in [0.2, 0.25) is 5.91 Å². The Morgan fingerprint density at radius 2 is 0.925 bits per heavy atom. The molecular weight excluding hydrogens is 874 g/mol. The van der Waals surface area contributed by atoms with E-state index >= 15 is 0 Å². The fourth-order valence-corrected chi connectivity index (χ4v) is 9.52. The Hall–Kier alpha value is -1.48. The lowest BCUT2D eigenvalue weighted by Gasteiger charge is -2.41. The molecule has 1 aliphatic carbocycles. The summed E-state index contributed by atoms with van der Waals surface area (Å²) in [4.78, 5) is 23.2. The second-order valence-corrected chi connectivity index (χ2v) is 20.7. The number of hydrogen-bond donors (Lipinski definition) is 9. The number of nitrogens with one attached hydrogen (secondary N) is 1. The number of hydrogen-bond acceptors (Lipinski definition) is 11. The molecule has 0 bridgehead atoms. The molecule has 0 saturated heterocycles. The van der Waals surface area contributed by atoms with Crippen LogP contribution in [-0.4, -0.2) is 108 Å².